The van der Waals surface area contributed by atoms with Crippen molar-refractivity contribution >= 4 is 37.6 Å². The Labute approximate surface area is 227 Å². The minimum atomic E-state index is -4.82. The number of carbonyl (C=O) groups excluding carboxylic acids is 2. The molecule has 0 bridgehead atoms. The van der Waals surface area contributed by atoms with Crippen LogP contribution >= 0.6 is 19.4 Å². The predicted molar refractivity (Wildman–Crippen MR) is 130 cm³/mol. The van der Waals surface area contributed by atoms with Gasteiger partial charge in [0.1, 0.15) is 17.5 Å². The molecule has 0 aliphatic carbocycles. The van der Waals surface area contributed by atoms with Gasteiger partial charge in [0.15, 0.2) is 0 Å². The fraction of sp³-hybridized carbons (Fsp3) is 0.700. The van der Waals surface area contributed by atoms with Crippen molar-refractivity contribution in [3.63, 3.8) is 0 Å². The first-order valence-electron chi connectivity index (χ1n) is 11.2. The summed E-state index contributed by atoms with van der Waals surface area (Å²) in [6, 6.07) is 1.11. The van der Waals surface area contributed by atoms with Gasteiger partial charge in [-0.1, -0.05) is 0 Å². The normalized spacial score (nSPS) is 14.9. The van der Waals surface area contributed by atoms with E-state index in [1.54, 1.807) is 27.7 Å². The molecule has 0 spiro atoms. The van der Waals surface area contributed by atoms with E-state index in [4.69, 9.17) is 45.1 Å². The Kier molecular flexibility index (Phi) is 14.1. The van der Waals surface area contributed by atoms with Crippen molar-refractivity contribution < 1.29 is 60.9 Å². The number of hydrogen-bond acceptors (Lipinski definition) is 15. The van der Waals surface area contributed by atoms with Gasteiger partial charge in [0.05, 0.1) is 24.7 Å². The molecule has 16 nitrogen and oxygen atoms in total. The zero-order valence-corrected chi connectivity index (χ0v) is 23.5. The topological polar surface area (TPSA) is 206 Å². The van der Waals surface area contributed by atoms with Crippen LogP contribution in [0.1, 0.15) is 34.0 Å². The summed E-state index contributed by atoms with van der Waals surface area (Å²) in [5, 5.41) is 10.7. The number of aromatic nitrogens is 2. The van der Waals surface area contributed by atoms with Crippen molar-refractivity contribution in [3.05, 3.63) is 22.7 Å². The van der Waals surface area contributed by atoms with E-state index in [1.165, 1.54) is 0 Å². The van der Waals surface area contributed by atoms with E-state index in [0.29, 0.717) is 4.57 Å². The lowest BCUT2D eigenvalue weighted by Crippen LogP contribution is -2.53. The molecule has 3 atom stereocenters. The summed E-state index contributed by atoms with van der Waals surface area (Å²) < 4.78 is 67.5. The Balaban J connectivity index is 3.06. The summed E-state index contributed by atoms with van der Waals surface area (Å²) in [5.41, 5.74) is 2.09. The van der Waals surface area contributed by atoms with Gasteiger partial charge in [0.2, 0.25) is 19.9 Å². The number of phosphoric acid groups is 1. The van der Waals surface area contributed by atoms with Gasteiger partial charge in [-0.3, -0.25) is 9.09 Å². The van der Waals surface area contributed by atoms with E-state index in [1.807, 2.05) is 0 Å². The number of ether oxygens (including phenoxy) is 5. The van der Waals surface area contributed by atoms with Crippen molar-refractivity contribution in [3.8, 4) is 0 Å². The van der Waals surface area contributed by atoms with Gasteiger partial charge in [-0.2, -0.15) is 4.98 Å². The average molecular weight is 608 g/mol. The Morgan fingerprint density at radius 2 is 1.64 bits per heavy atom. The standard InChI is InChI=1S/C20H32ClFN3O13P/c1-12(2)37-18(28)32-10-35-39(30,36-11-33-19(29)38-13(3)4)34-9-20(8-21,31-5)15(26)16(22)25-7-6-14(23)24-17(25)27/h6-7,12-13,15-16,26H,8-11H2,1-5H3,(H2,23,24,27)/t15-,16-,20+/m0/s1. The lowest BCUT2D eigenvalue weighted by Gasteiger charge is -2.36. The maximum absolute atomic E-state index is 15.2. The molecule has 0 radical (unpaired) electrons. The van der Waals surface area contributed by atoms with Crippen molar-refractivity contribution in [2.24, 2.45) is 0 Å². The molecule has 0 aromatic carbocycles. The molecule has 0 aliphatic rings. The van der Waals surface area contributed by atoms with Crippen molar-refractivity contribution in [2.75, 3.05) is 38.9 Å². The third-order valence-corrected chi connectivity index (χ3v) is 6.20. The summed E-state index contributed by atoms with van der Waals surface area (Å²) in [5.74, 6) is -0.859. The highest BCUT2D eigenvalue weighted by atomic mass is 35.5. The smallest absolute Gasteiger partial charge is 0.432 e. The van der Waals surface area contributed by atoms with Crippen molar-refractivity contribution in [2.45, 2.75) is 57.9 Å². The van der Waals surface area contributed by atoms with Crippen LogP contribution in [0.3, 0.4) is 0 Å². The van der Waals surface area contributed by atoms with Crippen molar-refractivity contribution in [1.82, 2.24) is 9.55 Å². The first-order chi connectivity index (χ1) is 18.2. The van der Waals surface area contributed by atoms with E-state index in [0.717, 1.165) is 19.4 Å². The van der Waals surface area contributed by atoms with Crippen LogP contribution in [-0.2, 0) is 41.8 Å². The van der Waals surface area contributed by atoms with Crippen LogP contribution in [0.25, 0.3) is 0 Å². The number of aliphatic hydroxyl groups is 1. The Morgan fingerprint density at radius 3 is 2.05 bits per heavy atom. The predicted octanol–water partition coefficient (Wildman–Crippen LogP) is 2.47. The van der Waals surface area contributed by atoms with Gasteiger partial charge >= 0.3 is 25.8 Å². The molecule has 1 aromatic rings. The van der Waals surface area contributed by atoms with E-state index in [2.05, 4.69) is 14.5 Å². The number of nitrogens with two attached hydrogens (primary N) is 1. The number of nitrogens with zero attached hydrogens (tertiary/aromatic N) is 2. The van der Waals surface area contributed by atoms with Crippen LogP contribution in [0, 0.1) is 0 Å². The molecule has 1 rings (SSSR count). The molecule has 0 amide bonds. The minimum Gasteiger partial charge on any atom is -0.432 e. The molecule has 1 aromatic heterocycles. The second-order valence-corrected chi connectivity index (χ2v) is 10.0. The molecule has 0 saturated carbocycles. The molecule has 0 saturated heterocycles. The van der Waals surface area contributed by atoms with E-state index in [9.17, 15) is 24.1 Å². The minimum absolute atomic E-state index is 0.189. The summed E-state index contributed by atoms with van der Waals surface area (Å²) >= 11 is 5.94. The van der Waals surface area contributed by atoms with E-state index in [-0.39, 0.29) is 5.82 Å². The monoisotopic (exact) mass is 607 g/mol. The largest absolute Gasteiger partial charge is 0.510 e. The van der Waals surface area contributed by atoms with Crippen LogP contribution in [0.2, 0.25) is 0 Å². The fourth-order valence-electron chi connectivity index (χ4n) is 2.48. The molecular weight excluding hydrogens is 576 g/mol. The van der Waals surface area contributed by atoms with Crippen LogP contribution in [0.5, 0.6) is 0 Å². The number of alkyl halides is 2. The summed E-state index contributed by atoms with van der Waals surface area (Å²) in [4.78, 5) is 38.5. The average Bonchev–Trinajstić information content (AvgIpc) is 2.83. The summed E-state index contributed by atoms with van der Waals surface area (Å²) in [6.45, 7) is 3.14. The fourth-order valence-corrected chi connectivity index (χ4v) is 3.79. The lowest BCUT2D eigenvalue weighted by atomic mass is 9.98. The summed E-state index contributed by atoms with van der Waals surface area (Å²) in [6.07, 6.45) is -7.21. The zero-order chi connectivity index (χ0) is 29.8. The summed E-state index contributed by atoms with van der Waals surface area (Å²) in [7, 11) is -3.79. The van der Waals surface area contributed by atoms with Crippen LogP contribution in [0.4, 0.5) is 19.8 Å². The first-order valence-corrected chi connectivity index (χ1v) is 13.2. The second kappa shape index (κ2) is 15.9. The zero-order valence-electron chi connectivity index (χ0n) is 21.8. The number of carbonyl (C=O) groups is 2. The van der Waals surface area contributed by atoms with Crippen LogP contribution in [0.15, 0.2) is 17.1 Å². The molecule has 1 heterocycles. The molecule has 39 heavy (non-hydrogen) atoms. The van der Waals surface area contributed by atoms with Gasteiger partial charge in [0.25, 0.3) is 0 Å². The van der Waals surface area contributed by atoms with Crippen molar-refractivity contribution in [1.29, 1.82) is 0 Å². The third kappa shape index (κ3) is 11.2. The van der Waals surface area contributed by atoms with Crippen LogP contribution in [-0.4, -0.2) is 84.1 Å². The molecule has 3 N–H and O–H groups in total. The number of phosphoric ester groups is 1. The highest BCUT2D eigenvalue weighted by Gasteiger charge is 2.46. The maximum atomic E-state index is 15.2. The molecule has 0 fully saturated rings. The first kappa shape index (κ1) is 34.5. The highest BCUT2D eigenvalue weighted by molar-refractivity contribution is 7.48. The SMILES string of the molecule is CO[C@](CCl)(COP(=O)(OCOC(=O)OC(C)C)OCOC(=O)OC(C)C)[C@@H](O)[C@@H](F)n1ccc(N)nc1=O. The molecule has 224 valence electrons. The van der Waals surface area contributed by atoms with E-state index < -0.39 is 82.1 Å². The number of hydrogen-bond donors (Lipinski definition) is 2. The Morgan fingerprint density at radius 1 is 1.13 bits per heavy atom. The highest BCUT2D eigenvalue weighted by Crippen LogP contribution is 2.50. The number of nitrogen functional groups attached to an aromatic ring is 1. The molecular formula is C20H32ClFN3O13P. The number of aliphatic hydroxyl groups excluding tert-OH is 1. The Bertz CT molecular complexity index is 1010. The van der Waals surface area contributed by atoms with Gasteiger partial charge < -0.3 is 34.5 Å². The van der Waals surface area contributed by atoms with Gasteiger partial charge in [-0.25, -0.2) is 32.4 Å². The molecule has 0 unspecified atom stereocenters. The second-order valence-electron chi connectivity index (χ2n) is 8.10. The number of halogens is 2. The number of methoxy groups -OCH3 is 1. The molecule has 19 heteroatoms. The van der Waals surface area contributed by atoms with Gasteiger partial charge in [-0.15, -0.1) is 11.6 Å². The Hall–Kier alpha value is -2.53. The van der Waals surface area contributed by atoms with Gasteiger partial charge in [-0.05, 0) is 33.8 Å². The van der Waals surface area contributed by atoms with Gasteiger partial charge in [0, 0.05) is 13.3 Å². The lowest BCUT2D eigenvalue weighted by molar-refractivity contribution is -0.152. The third-order valence-electron chi connectivity index (χ3n) is 4.46. The van der Waals surface area contributed by atoms with E-state index >= 15 is 4.39 Å². The number of anilines is 1. The number of rotatable bonds is 16. The van der Waals surface area contributed by atoms with Crippen LogP contribution < -0.4 is 11.4 Å². The quantitative estimate of drug-likeness (QED) is 0.120. The molecule has 0 aliphatic heterocycles. The maximum Gasteiger partial charge on any atom is 0.510 e.